The SMILES string of the molecule is CCOc1ccc2ccc(=S)oc2c1. The van der Waals surface area contributed by atoms with Crippen molar-refractivity contribution < 1.29 is 9.15 Å². The molecule has 2 nitrogen and oxygen atoms in total. The molecule has 0 atom stereocenters. The number of benzene rings is 1. The Labute approximate surface area is 87.1 Å². The summed E-state index contributed by atoms with van der Waals surface area (Å²) < 4.78 is 11.2. The number of hydrogen-bond donors (Lipinski definition) is 0. The lowest BCUT2D eigenvalue weighted by Crippen LogP contribution is -1.90. The molecule has 0 saturated heterocycles. The van der Waals surface area contributed by atoms with E-state index in [1.54, 1.807) is 6.07 Å². The normalized spacial score (nSPS) is 10.4. The molecule has 0 fully saturated rings. The van der Waals surface area contributed by atoms with Crippen LogP contribution in [0.5, 0.6) is 5.75 Å². The van der Waals surface area contributed by atoms with E-state index in [1.807, 2.05) is 31.2 Å². The van der Waals surface area contributed by atoms with Gasteiger partial charge in [0.05, 0.1) is 6.61 Å². The van der Waals surface area contributed by atoms with Crippen molar-refractivity contribution in [1.82, 2.24) is 0 Å². The lowest BCUT2D eigenvalue weighted by atomic mass is 10.2. The Bertz CT molecular complexity index is 502. The van der Waals surface area contributed by atoms with Crippen LogP contribution in [0.4, 0.5) is 0 Å². The van der Waals surface area contributed by atoms with Gasteiger partial charge in [0.25, 0.3) is 0 Å². The molecule has 0 amide bonds. The summed E-state index contributed by atoms with van der Waals surface area (Å²) in [5, 5.41) is 1.03. The van der Waals surface area contributed by atoms with Gasteiger partial charge in [-0.15, -0.1) is 0 Å². The Kier molecular flexibility index (Phi) is 2.50. The highest BCUT2D eigenvalue weighted by molar-refractivity contribution is 7.71. The van der Waals surface area contributed by atoms with Crippen LogP contribution in [-0.2, 0) is 0 Å². The van der Waals surface area contributed by atoms with Crippen molar-refractivity contribution in [3.8, 4) is 5.75 Å². The molecule has 0 unspecified atom stereocenters. The molecule has 0 saturated carbocycles. The van der Waals surface area contributed by atoms with Crippen molar-refractivity contribution in [2.45, 2.75) is 6.92 Å². The number of hydrogen-bond acceptors (Lipinski definition) is 3. The van der Waals surface area contributed by atoms with Gasteiger partial charge in [0.2, 0.25) is 0 Å². The van der Waals surface area contributed by atoms with Crippen LogP contribution in [0.3, 0.4) is 0 Å². The molecule has 0 aliphatic carbocycles. The minimum absolute atomic E-state index is 0.492. The predicted molar refractivity (Wildman–Crippen MR) is 58.2 cm³/mol. The van der Waals surface area contributed by atoms with Gasteiger partial charge in [0.1, 0.15) is 11.3 Å². The van der Waals surface area contributed by atoms with Crippen molar-refractivity contribution in [2.24, 2.45) is 0 Å². The first-order valence-electron chi connectivity index (χ1n) is 4.46. The summed E-state index contributed by atoms with van der Waals surface area (Å²) in [7, 11) is 0. The first-order valence-corrected chi connectivity index (χ1v) is 4.87. The smallest absolute Gasteiger partial charge is 0.190 e. The topological polar surface area (TPSA) is 22.4 Å². The molecule has 2 rings (SSSR count). The molecule has 1 aromatic carbocycles. The van der Waals surface area contributed by atoms with Crippen LogP contribution in [0.15, 0.2) is 34.7 Å². The van der Waals surface area contributed by atoms with Crippen LogP contribution < -0.4 is 4.74 Å². The third kappa shape index (κ3) is 1.77. The largest absolute Gasteiger partial charge is 0.494 e. The standard InChI is InChI=1S/C11H10O2S/c1-2-12-9-5-3-8-4-6-11(14)13-10(8)7-9/h3-7H,2H2,1H3. The predicted octanol–water partition coefficient (Wildman–Crippen LogP) is 3.56. The molecule has 14 heavy (non-hydrogen) atoms. The Morgan fingerprint density at radius 1 is 1.29 bits per heavy atom. The zero-order valence-electron chi connectivity index (χ0n) is 7.82. The minimum Gasteiger partial charge on any atom is -0.494 e. The van der Waals surface area contributed by atoms with Crippen molar-refractivity contribution in [3.63, 3.8) is 0 Å². The van der Waals surface area contributed by atoms with E-state index in [0.29, 0.717) is 11.3 Å². The van der Waals surface area contributed by atoms with Gasteiger partial charge < -0.3 is 9.15 Å². The van der Waals surface area contributed by atoms with Gasteiger partial charge in [-0.25, -0.2) is 0 Å². The summed E-state index contributed by atoms with van der Waals surface area (Å²) in [5.74, 6) is 0.810. The van der Waals surface area contributed by atoms with Crippen LogP contribution >= 0.6 is 12.2 Å². The molecule has 2 aromatic rings. The van der Waals surface area contributed by atoms with Gasteiger partial charge in [0, 0.05) is 11.5 Å². The van der Waals surface area contributed by atoms with Crippen LogP contribution in [-0.4, -0.2) is 6.61 Å². The van der Waals surface area contributed by atoms with E-state index < -0.39 is 0 Å². The van der Waals surface area contributed by atoms with E-state index in [2.05, 4.69) is 0 Å². The number of rotatable bonds is 2. The fraction of sp³-hybridized carbons (Fsp3) is 0.182. The van der Waals surface area contributed by atoms with Gasteiger partial charge in [-0.1, -0.05) is 0 Å². The van der Waals surface area contributed by atoms with E-state index in [-0.39, 0.29) is 0 Å². The Hall–Kier alpha value is -1.35. The number of fused-ring (bicyclic) bond motifs is 1. The average molecular weight is 206 g/mol. The second-order valence-corrected chi connectivity index (χ2v) is 3.29. The summed E-state index contributed by atoms with van der Waals surface area (Å²) in [5.41, 5.74) is 0.767. The highest BCUT2D eigenvalue weighted by Crippen LogP contribution is 2.20. The lowest BCUT2D eigenvalue weighted by molar-refractivity contribution is 0.340. The van der Waals surface area contributed by atoms with Crippen LogP contribution in [0.2, 0.25) is 0 Å². The molecular formula is C11H10O2S. The van der Waals surface area contributed by atoms with Gasteiger partial charge >= 0.3 is 0 Å². The summed E-state index contributed by atoms with van der Waals surface area (Å²) in [6.45, 7) is 2.60. The molecule has 0 spiro atoms. The Balaban J connectivity index is 2.58. The fourth-order valence-corrected chi connectivity index (χ4v) is 1.46. The Morgan fingerprint density at radius 3 is 2.86 bits per heavy atom. The third-order valence-electron chi connectivity index (χ3n) is 1.91. The summed E-state index contributed by atoms with van der Waals surface area (Å²) >= 11 is 4.94. The molecule has 3 heteroatoms. The van der Waals surface area contributed by atoms with Crippen molar-refractivity contribution in [1.29, 1.82) is 0 Å². The van der Waals surface area contributed by atoms with Crippen molar-refractivity contribution in [3.05, 3.63) is 35.0 Å². The monoisotopic (exact) mass is 206 g/mol. The molecule has 72 valence electrons. The zero-order chi connectivity index (χ0) is 9.97. The van der Waals surface area contributed by atoms with Gasteiger partial charge in [0.15, 0.2) is 4.71 Å². The quantitative estimate of drug-likeness (QED) is 0.701. The molecule has 0 aliphatic heterocycles. The van der Waals surface area contributed by atoms with E-state index in [9.17, 15) is 0 Å². The summed E-state index contributed by atoms with van der Waals surface area (Å²) in [6, 6.07) is 9.45. The maximum Gasteiger partial charge on any atom is 0.190 e. The second kappa shape index (κ2) is 3.80. The van der Waals surface area contributed by atoms with E-state index >= 15 is 0 Å². The first-order chi connectivity index (χ1) is 6.79. The zero-order valence-corrected chi connectivity index (χ0v) is 8.64. The highest BCUT2D eigenvalue weighted by atomic mass is 32.1. The molecule has 0 N–H and O–H groups in total. The van der Waals surface area contributed by atoms with Crippen LogP contribution in [0, 0.1) is 4.71 Å². The maximum absolute atomic E-state index is 5.38. The van der Waals surface area contributed by atoms with E-state index in [1.165, 1.54) is 0 Å². The first kappa shape index (κ1) is 9.21. The molecule has 0 bridgehead atoms. The third-order valence-corrected chi connectivity index (χ3v) is 2.12. The lowest BCUT2D eigenvalue weighted by Gasteiger charge is -2.03. The average Bonchev–Trinajstić information content (AvgIpc) is 2.17. The van der Waals surface area contributed by atoms with Gasteiger partial charge in [-0.05, 0) is 43.4 Å². The maximum atomic E-state index is 5.38. The van der Waals surface area contributed by atoms with Gasteiger partial charge in [-0.2, -0.15) is 0 Å². The van der Waals surface area contributed by atoms with Crippen LogP contribution in [0.25, 0.3) is 11.0 Å². The molecule has 1 aromatic heterocycles. The second-order valence-electron chi connectivity index (χ2n) is 2.89. The van der Waals surface area contributed by atoms with Gasteiger partial charge in [-0.3, -0.25) is 0 Å². The van der Waals surface area contributed by atoms with E-state index in [0.717, 1.165) is 16.7 Å². The fourth-order valence-electron chi connectivity index (χ4n) is 1.30. The highest BCUT2D eigenvalue weighted by Gasteiger charge is 1.98. The molecule has 1 heterocycles. The summed E-state index contributed by atoms with van der Waals surface area (Å²) in [4.78, 5) is 0. The molecule has 0 aliphatic rings. The summed E-state index contributed by atoms with van der Waals surface area (Å²) in [6.07, 6.45) is 0. The molecular weight excluding hydrogens is 196 g/mol. The van der Waals surface area contributed by atoms with Crippen molar-refractivity contribution in [2.75, 3.05) is 6.61 Å². The van der Waals surface area contributed by atoms with Crippen LogP contribution in [0.1, 0.15) is 6.92 Å². The van der Waals surface area contributed by atoms with E-state index in [4.69, 9.17) is 21.4 Å². The number of ether oxygens (including phenoxy) is 1. The molecule has 0 radical (unpaired) electrons. The van der Waals surface area contributed by atoms with Crippen molar-refractivity contribution >= 4 is 23.2 Å². The minimum atomic E-state index is 0.492. The Morgan fingerprint density at radius 2 is 2.07 bits per heavy atom.